The Morgan fingerprint density at radius 2 is 1.49 bits per heavy atom. The molecule has 1 atom stereocenters. The monoisotopic (exact) mass is 577 g/mol. The van der Waals surface area contributed by atoms with Crippen molar-refractivity contribution >= 4 is 29.5 Å². The van der Waals surface area contributed by atoms with E-state index >= 15 is 0 Å². The molecule has 3 aromatic carbocycles. The van der Waals surface area contributed by atoms with Crippen molar-refractivity contribution in [2.75, 3.05) is 6.54 Å². The maximum absolute atomic E-state index is 14.0. The Morgan fingerprint density at radius 3 is 2.07 bits per heavy atom. The van der Waals surface area contributed by atoms with Crippen LogP contribution < -0.4 is 10.6 Å². The molecule has 1 aliphatic rings. The van der Waals surface area contributed by atoms with Gasteiger partial charge in [0.25, 0.3) is 5.91 Å². The minimum absolute atomic E-state index is 0.144. The Hall–Kier alpha value is -3.88. The first kappa shape index (κ1) is 30.1. The lowest BCUT2D eigenvalue weighted by Gasteiger charge is -2.34. The minimum atomic E-state index is -1.95. The molecule has 9 heteroatoms. The molecule has 1 saturated heterocycles. The molecule has 8 nitrogen and oxygen atoms in total. The SMILES string of the molecule is CC(C)(C)OC(=O)NCc1ccc(Cl)cc1CNC(=O)[C@@H]1CCCN1C(=O)C(O)(c1ccccc1)c1ccccc1. The minimum Gasteiger partial charge on any atom is -0.444 e. The second-order valence-electron chi connectivity index (χ2n) is 11.1. The van der Waals surface area contributed by atoms with Gasteiger partial charge in [-0.05, 0) is 68.0 Å². The summed E-state index contributed by atoms with van der Waals surface area (Å²) in [6, 6.07) is 22.0. The number of carbonyl (C=O) groups excluding carboxylic acids is 3. The van der Waals surface area contributed by atoms with Gasteiger partial charge < -0.3 is 25.4 Å². The first-order valence-corrected chi connectivity index (χ1v) is 14.0. The molecule has 1 aliphatic heterocycles. The Morgan fingerprint density at radius 1 is 0.902 bits per heavy atom. The predicted octanol–water partition coefficient (Wildman–Crippen LogP) is 4.91. The van der Waals surface area contributed by atoms with E-state index in [1.807, 2.05) is 12.1 Å². The van der Waals surface area contributed by atoms with Crippen molar-refractivity contribution in [1.82, 2.24) is 15.5 Å². The van der Waals surface area contributed by atoms with Gasteiger partial charge in [0.15, 0.2) is 5.60 Å². The van der Waals surface area contributed by atoms with Gasteiger partial charge in [-0.3, -0.25) is 9.59 Å². The molecule has 1 heterocycles. The number of benzene rings is 3. The van der Waals surface area contributed by atoms with Crippen LogP contribution in [0, 0.1) is 0 Å². The molecule has 0 bridgehead atoms. The maximum atomic E-state index is 14.0. The lowest BCUT2D eigenvalue weighted by molar-refractivity contribution is -0.152. The lowest BCUT2D eigenvalue weighted by Crippen LogP contribution is -2.53. The molecule has 0 unspecified atom stereocenters. The molecule has 3 N–H and O–H groups in total. The number of aliphatic hydroxyl groups is 1. The second kappa shape index (κ2) is 12.7. The zero-order valence-electron chi connectivity index (χ0n) is 23.5. The number of hydrogen-bond acceptors (Lipinski definition) is 5. The summed E-state index contributed by atoms with van der Waals surface area (Å²) in [6.07, 6.45) is 0.554. The highest BCUT2D eigenvalue weighted by Crippen LogP contribution is 2.34. The molecule has 0 aliphatic carbocycles. The van der Waals surface area contributed by atoms with E-state index < -0.39 is 29.2 Å². The molecule has 0 spiro atoms. The summed E-state index contributed by atoms with van der Waals surface area (Å²) in [6.45, 7) is 6.03. The fraction of sp³-hybridized carbons (Fsp3) is 0.344. The first-order valence-electron chi connectivity index (χ1n) is 13.7. The molecule has 41 heavy (non-hydrogen) atoms. The van der Waals surface area contributed by atoms with Gasteiger partial charge in [0.2, 0.25) is 5.91 Å². The second-order valence-corrected chi connectivity index (χ2v) is 11.5. The molecular formula is C32H36ClN3O5. The molecule has 3 aromatic rings. The molecule has 0 aromatic heterocycles. The maximum Gasteiger partial charge on any atom is 0.407 e. The van der Waals surface area contributed by atoms with Gasteiger partial charge in [0.1, 0.15) is 11.6 Å². The fourth-order valence-electron chi connectivity index (χ4n) is 4.98. The van der Waals surface area contributed by atoms with Gasteiger partial charge >= 0.3 is 6.09 Å². The van der Waals surface area contributed by atoms with Crippen LogP contribution in [0.4, 0.5) is 4.79 Å². The van der Waals surface area contributed by atoms with E-state index in [0.29, 0.717) is 35.5 Å². The van der Waals surface area contributed by atoms with Crippen molar-refractivity contribution in [2.24, 2.45) is 0 Å². The van der Waals surface area contributed by atoms with Crippen molar-refractivity contribution in [3.8, 4) is 0 Å². The number of nitrogens with zero attached hydrogens (tertiary/aromatic N) is 1. The number of halogens is 1. The number of rotatable bonds is 8. The van der Waals surface area contributed by atoms with Gasteiger partial charge in [-0.1, -0.05) is 78.3 Å². The number of hydrogen-bond donors (Lipinski definition) is 3. The van der Waals surface area contributed by atoms with E-state index in [-0.39, 0.29) is 19.0 Å². The topological polar surface area (TPSA) is 108 Å². The van der Waals surface area contributed by atoms with Crippen molar-refractivity contribution in [3.63, 3.8) is 0 Å². The third-order valence-corrected chi connectivity index (χ3v) is 7.19. The van der Waals surface area contributed by atoms with E-state index in [1.54, 1.807) is 87.5 Å². The van der Waals surface area contributed by atoms with E-state index in [0.717, 1.165) is 11.1 Å². The number of ether oxygens (including phenoxy) is 1. The molecule has 3 amide bonds. The van der Waals surface area contributed by atoms with Crippen LogP contribution >= 0.6 is 11.6 Å². The van der Waals surface area contributed by atoms with E-state index in [9.17, 15) is 19.5 Å². The Bertz CT molecular complexity index is 1340. The van der Waals surface area contributed by atoms with Crippen LogP contribution in [0.25, 0.3) is 0 Å². The highest BCUT2D eigenvalue weighted by atomic mass is 35.5. The normalized spacial score (nSPS) is 15.3. The van der Waals surface area contributed by atoms with Crippen LogP contribution in [0.1, 0.15) is 55.9 Å². The summed E-state index contributed by atoms with van der Waals surface area (Å²) in [4.78, 5) is 41.1. The lowest BCUT2D eigenvalue weighted by atomic mass is 9.84. The zero-order valence-corrected chi connectivity index (χ0v) is 24.3. The summed E-state index contributed by atoms with van der Waals surface area (Å²) in [7, 11) is 0. The fourth-order valence-corrected chi connectivity index (χ4v) is 5.17. The summed E-state index contributed by atoms with van der Waals surface area (Å²) in [5, 5.41) is 18.1. The number of nitrogens with one attached hydrogen (secondary N) is 2. The standard InChI is InChI=1S/C32H36ClN3O5/c1-31(2,3)41-30(39)35-20-22-16-17-26(33)19-23(22)21-34-28(37)27-15-10-18-36(27)29(38)32(40,24-11-6-4-7-12-24)25-13-8-5-9-14-25/h4-9,11-14,16-17,19,27,40H,10,15,18,20-21H2,1-3H3,(H,34,37)(H,35,39)/t27-/m0/s1. The number of likely N-dealkylation sites (tertiary alicyclic amines) is 1. The highest BCUT2D eigenvalue weighted by molar-refractivity contribution is 6.30. The average molecular weight is 578 g/mol. The molecule has 1 fully saturated rings. The molecule has 216 valence electrons. The summed E-state index contributed by atoms with van der Waals surface area (Å²) < 4.78 is 5.31. The number of amides is 3. The van der Waals surface area contributed by atoms with E-state index in [1.165, 1.54) is 4.90 Å². The van der Waals surface area contributed by atoms with Crippen LogP contribution in [0.3, 0.4) is 0 Å². The van der Waals surface area contributed by atoms with Crippen LogP contribution in [-0.4, -0.2) is 46.1 Å². The average Bonchev–Trinajstić information content (AvgIpc) is 3.45. The number of carbonyl (C=O) groups is 3. The van der Waals surface area contributed by atoms with Crippen molar-refractivity contribution in [1.29, 1.82) is 0 Å². The van der Waals surface area contributed by atoms with Crippen LogP contribution in [0.5, 0.6) is 0 Å². The van der Waals surface area contributed by atoms with Gasteiger partial charge in [-0.2, -0.15) is 0 Å². The van der Waals surface area contributed by atoms with Crippen molar-refractivity contribution in [2.45, 2.75) is 63.9 Å². The Kier molecular flexibility index (Phi) is 9.35. The summed E-state index contributed by atoms with van der Waals surface area (Å²) in [5.41, 5.74) is -0.214. The van der Waals surface area contributed by atoms with Crippen LogP contribution in [-0.2, 0) is 33.0 Å². The largest absolute Gasteiger partial charge is 0.444 e. The van der Waals surface area contributed by atoms with E-state index in [4.69, 9.17) is 16.3 Å². The van der Waals surface area contributed by atoms with Gasteiger partial charge in [0.05, 0.1) is 0 Å². The summed E-state index contributed by atoms with van der Waals surface area (Å²) >= 11 is 6.24. The van der Waals surface area contributed by atoms with E-state index in [2.05, 4.69) is 10.6 Å². The Labute approximate surface area is 245 Å². The van der Waals surface area contributed by atoms with Gasteiger partial charge in [0, 0.05) is 24.7 Å². The van der Waals surface area contributed by atoms with Gasteiger partial charge in [-0.15, -0.1) is 0 Å². The quantitative estimate of drug-likeness (QED) is 0.353. The smallest absolute Gasteiger partial charge is 0.407 e. The molecule has 4 rings (SSSR count). The van der Waals surface area contributed by atoms with Crippen LogP contribution in [0.15, 0.2) is 78.9 Å². The predicted molar refractivity (Wildman–Crippen MR) is 157 cm³/mol. The van der Waals surface area contributed by atoms with Crippen molar-refractivity contribution < 1.29 is 24.2 Å². The van der Waals surface area contributed by atoms with Crippen LogP contribution in [0.2, 0.25) is 5.02 Å². The van der Waals surface area contributed by atoms with Crippen molar-refractivity contribution in [3.05, 3.63) is 106 Å². The molecule has 0 saturated carbocycles. The zero-order chi connectivity index (χ0) is 29.6. The molecular weight excluding hydrogens is 542 g/mol. The summed E-state index contributed by atoms with van der Waals surface area (Å²) in [5.74, 6) is -0.872. The van der Waals surface area contributed by atoms with Gasteiger partial charge in [-0.25, -0.2) is 4.79 Å². The Balaban J connectivity index is 1.49. The third kappa shape index (κ3) is 7.26. The first-order chi connectivity index (χ1) is 19.5. The number of alkyl carbamates (subject to hydrolysis) is 1. The third-order valence-electron chi connectivity index (χ3n) is 6.95. The molecule has 0 radical (unpaired) electrons. The highest BCUT2D eigenvalue weighted by Gasteiger charge is 2.47.